The Morgan fingerprint density at radius 2 is 1.69 bits per heavy atom. The van der Waals surface area contributed by atoms with E-state index in [1.54, 1.807) is 6.07 Å². The largest absolute Gasteiger partial charge is 0.378 e. The Morgan fingerprint density at radius 3 is 2.38 bits per heavy atom. The second-order valence-corrected chi connectivity index (χ2v) is 6.93. The second-order valence-electron chi connectivity index (χ2n) is 6.93. The van der Waals surface area contributed by atoms with Crippen molar-refractivity contribution in [2.24, 2.45) is 0 Å². The first kappa shape index (κ1) is 20.1. The third-order valence-electron chi connectivity index (χ3n) is 4.60. The first-order valence-electron chi connectivity index (χ1n) is 9.31. The summed E-state index contributed by atoms with van der Waals surface area (Å²) in [6, 6.07) is 18.4. The van der Waals surface area contributed by atoms with Gasteiger partial charge in [-0.3, -0.25) is 14.6 Å². The molecule has 6 nitrogen and oxygen atoms in total. The molecular weight excluding hydrogens is 364 g/mol. The van der Waals surface area contributed by atoms with Crippen LogP contribution in [0.1, 0.15) is 32.0 Å². The van der Waals surface area contributed by atoms with Gasteiger partial charge in [-0.2, -0.15) is 0 Å². The van der Waals surface area contributed by atoms with Crippen LogP contribution in [0.3, 0.4) is 0 Å². The normalized spacial score (nSPS) is 10.3. The van der Waals surface area contributed by atoms with Gasteiger partial charge in [0.2, 0.25) is 0 Å². The van der Waals surface area contributed by atoms with Gasteiger partial charge in [-0.1, -0.05) is 24.3 Å². The van der Waals surface area contributed by atoms with Gasteiger partial charge in [0.15, 0.2) is 0 Å². The molecule has 0 spiro atoms. The van der Waals surface area contributed by atoms with E-state index in [4.69, 9.17) is 0 Å². The molecule has 148 valence electrons. The van der Waals surface area contributed by atoms with E-state index in [-0.39, 0.29) is 17.5 Å². The highest BCUT2D eigenvalue weighted by Gasteiger charge is 2.12. The summed E-state index contributed by atoms with van der Waals surface area (Å²) in [6.07, 6.45) is 1.47. The van der Waals surface area contributed by atoms with E-state index in [9.17, 15) is 9.59 Å². The zero-order chi connectivity index (χ0) is 20.8. The third kappa shape index (κ3) is 5.19. The average Bonchev–Trinajstić information content (AvgIpc) is 2.73. The molecule has 2 amide bonds. The number of rotatable bonds is 6. The van der Waals surface area contributed by atoms with Gasteiger partial charge in [0, 0.05) is 43.8 Å². The molecule has 0 unspecified atom stereocenters. The Labute approximate surface area is 170 Å². The Balaban J connectivity index is 1.65. The average molecular weight is 388 g/mol. The molecule has 0 aliphatic carbocycles. The first-order valence-corrected chi connectivity index (χ1v) is 9.31. The van der Waals surface area contributed by atoms with E-state index in [2.05, 4.69) is 15.6 Å². The van der Waals surface area contributed by atoms with Crippen LogP contribution in [0.25, 0.3) is 0 Å². The van der Waals surface area contributed by atoms with Crippen molar-refractivity contribution in [1.29, 1.82) is 0 Å². The molecular formula is C23H24N4O2. The summed E-state index contributed by atoms with van der Waals surface area (Å²) < 4.78 is 0. The van der Waals surface area contributed by atoms with Crippen LogP contribution in [0.4, 0.5) is 11.4 Å². The number of pyridine rings is 1. The summed E-state index contributed by atoms with van der Waals surface area (Å²) in [7, 11) is 3.90. The van der Waals surface area contributed by atoms with Crippen LogP contribution in [0.2, 0.25) is 0 Å². The summed E-state index contributed by atoms with van der Waals surface area (Å²) in [4.78, 5) is 31.1. The number of aryl methyl sites for hydroxylation is 1. The van der Waals surface area contributed by atoms with Crippen LogP contribution in [0.15, 0.2) is 66.9 Å². The molecule has 1 aromatic heterocycles. The second kappa shape index (κ2) is 9.01. The van der Waals surface area contributed by atoms with Crippen LogP contribution in [0, 0.1) is 6.92 Å². The minimum Gasteiger partial charge on any atom is -0.378 e. The van der Waals surface area contributed by atoms with Gasteiger partial charge in [0.1, 0.15) is 5.69 Å². The quantitative estimate of drug-likeness (QED) is 0.676. The predicted octanol–water partition coefficient (Wildman–Crippen LogP) is 3.64. The molecule has 0 aliphatic rings. The maximum absolute atomic E-state index is 12.5. The highest BCUT2D eigenvalue weighted by atomic mass is 16.2. The zero-order valence-electron chi connectivity index (χ0n) is 16.8. The van der Waals surface area contributed by atoms with E-state index in [1.165, 1.54) is 12.3 Å². The molecule has 0 fully saturated rings. The summed E-state index contributed by atoms with van der Waals surface area (Å²) in [5.74, 6) is -0.615. The highest BCUT2D eigenvalue weighted by molar-refractivity contribution is 6.04. The molecule has 0 atom stereocenters. The summed E-state index contributed by atoms with van der Waals surface area (Å²) in [5, 5.41) is 5.69. The molecule has 3 rings (SSSR count). The number of amides is 2. The lowest BCUT2D eigenvalue weighted by Gasteiger charge is -2.13. The Kier molecular flexibility index (Phi) is 6.24. The number of aromatic nitrogens is 1. The van der Waals surface area contributed by atoms with Crippen molar-refractivity contribution in [3.63, 3.8) is 0 Å². The van der Waals surface area contributed by atoms with E-state index in [1.807, 2.05) is 74.4 Å². The highest BCUT2D eigenvalue weighted by Crippen LogP contribution is 2.16. The van der Waals surface area contributed by atoms with Crippen LogP contribution >= 0.6 is 0 Å². The zero-order valence-corrected chi connectivity index (χ0v) is 16.8. The fraction of sp³-hybridized carbons (Fsp3) is 0.174. The maximum Gasteiger partial charge on any atom is 0.274 e. The number of hydrogen-bond donors (Lipinski definition) is 2. The van der Waals surface area contributed by atoms with Crippen LogP contribution in [-0.2, 0) is 6.54 Å². The standard InChI is InChI=1S/C23H24N4O2/c1-16-6-4-5-7-18(16)15-25-22(28)17-12-13-24-21(14-17)23(29)26-19-8-10-20(11-9-19)27(2)3/h4-14H,15H2,1-3H3,(H,25,28)(H,26,29). The van der Waals surface area contributed by atoms with Gasteiger partial charge < -0.3 is 15.5 Å². The first-order chi connectivity index (χ1) is 13.9. The fourth-order valence-corrected chi connectivity index (χ4v) is 2.82. The number of nitrogens with one attached hydrogen (secondary N) is 2. The number of hydrogen-bond acceptors (Lipinski definition) is 4. The predicted molar refractivity (Wildman–Crippen MR) is 115 cm³/mol. The van der Waals surface area contributed by atoms with Crippen LogP contribution in [0.5, 0.6) is 0 Å². The van der Waals surface area contributed by atoms with Crippen molar-refractivity contribution >= 4 is 23.2 Å². The van der Waals surface area contributed by atoms with E-state index < -0.39 is 0 Å². The topological polar surface area (TPSA) is 74.3 Å². The van der Waals surface area contributed by atoms with Crippen LogP contribution < -0.4 is 15.5 Å². The molecule has 0 radical (unpaired) electrons. The van der Waals surface area contributed by atoms with Gasteiger partial charge in [-0.05, 0) is 54.4 Å². The molecule has 29 heavy (non-hydrogen) atoms. The minimum atomic E-state index is -0.365. The minimum absolute atomic E-state index is 0.185. The lowest BCUT2D eigenvalue weighted by Crippen LogP contribution is -2.24. The fourth-order valence-electron chi connectivity index (χ4n) is 2.82. The van der Waals surface area contributed by atoms with Crippen molar-refractivity contribution in [3.8, 4) is 0 Å². The Bertz CT molecular complexity index is 1010. The summed E-state index contributed by atoms with van der Waals surface area (Å²) in [6.45, 7) is 2.43. The lowest BCUT2D eigenvalue weighted by atomic mass is 10.1. The Hall–Kier alpha value is -3.67. The van der Waals surface area contributed by atoms with Gasteiger partial charge in [-0.15, -0.1) is 0 Å². The molecule has 2 aromatic carbocycles. The molecule has 0 saturated heterocycles. The molecule has 0 aliphatic heterocycles. The number of carbonyl (C=O) groups is 2. The van der Waals surface area contributed by atoms with Crippen molar-refractivity contribution in [2.45, 2.75) is 13.5 Å². The number of nitrogens with zero attached hydrogens (tertiary/aromatic N) is 2. The number of benzene rings is 2. The van der Waals surface area contributed by atoms with Gasteiger partial charge in [-0.25, -0.2) is 0 Å². The Morgan fingerprint density at radius 1 is 0.966 bits per heavy atom. The number of anilines is 2. The molecule has 2 N–H and O–H groups in total. The summed E-state index contributed by atoms with van der Waals surface area (Å²) >= 11 is 0. The van der Waals surface area contributed by atoms with Crippen LogP contribution in [-0.4, -0.2) is 30.9 Å². The van der Waals surface area contributed by atoms with E-state index >= 15 is 0 Å². The monoisotopic (exact) mass is 388 g/mol. The molecule has 6 heteroatoms. The smallest absolute Gasteiger partial charge is 0.274 e. The van der Waals surface area contributed by atoms with Crippen molar-refractivity contribution < 1.29 is 9.59 Å². The SMILES string of the molecule is Cc1ccccc1CNC(=O)c1ccnc(C(=O)Nc2ccc(N(C)C)cc2)c1. The van der Waals surface area contributed by atoms with E-state index in [0.717, 1.165) is 16.8 Å². The maximum atomic E-state index is 12.5. The molecule has 3 aromatic rings. The van der Waals surface area contributed by atoms with E-state index in [0.29, 0.717) is 17.8 Å². The van der Waals surface area contributed by atoms with Gasteiger partial charge in [0.05, 0.1) is 0 Å². The number of carbonyl (C=O) groups excluding carboxylic acids is 2. The lowest BCUT2D eigenvalue weighted by molar-refractivity contribution is 0.0950. The molecule has 0 bridgehead atoms. The van der Waals surface area contributed by atoms with Gasteiger partial charge in [0.25, 0.3) is 11.8 Å². The summed E-state index contributed by atoms with van der Waals surface area (Å²) in [5.41, 5.74) is 4.44. The third-order valence-corrected chi connectivity index (χ3v) is 4.60. The molecule has 0 saturated carbocycles. The van der Waals surface area contributed by atoms with Crippen molar-refractivity contribution in [1.82, 2.24) is 10.3 Å². The van der Waals surface area contributed by atoms with Gasteiger partial charge >= 0.3 is 0 Å². The van der Waals surface area contributed by atoms with Crippen molar-refractivity contribution in [3.05, 3.63) is 89.2 Å². The van der Waals surface area contributed by atoms with Crippen molar-refractivity contribution in [2.75, 3.05) is 24.3 Å². The molecule has 1 heterocycles.